The lowest BCUT2D eigenvalue weighted by Crippen LogP contribution is -2.44. The zero-order chi connectivity index (χ0) is 26.9. The van der Waals surface area contributed by atoms with Gasteiger partial charge in [0.05, 0.1) is 11.2 Å². The van der Waals surface area contributed by atoms with Crippen LogP contribution >= 0.6 is 0 Å². The molecule has 0 saturated carbocycles. The molecule has 1 aromatic heterocycles. The molecule has 0 radical (unpaired) electrons. The highest BCUT2D eigenvalue weighted by molar-refractivity contribution is 7.89. The van der Waals surface area contributed by atoms with E-state index >= 15 is 0 Å². The molecule has 10 heteroatoms. The Morgan fingerprint density at radius 1 is 0.944 bits per heavy atom. The second-order valence-corrected chi connectivity index (χ2v) is 12.0. The minimum Gasteiger partial charge on any atom is -0.439 e. The highest BCUT2D eigenvalue weighted by Crippen LogP contribution is 2.32. The molecule has 0 unspecified atom stereocenters. The van der Waals surface area contributed by atoms with E-state index in [4.69, 9.17) is 4.74 Å². The lowest BCUT2D eigenvalue weighted by Gasteiger charge is -2.27. The van der Waals surface area contributed by atoms with Crippen LogP contribution in [0.2, 0.25) is 0 Å². The van der Waals surface area contributed by atoms with Crippen molar-refractivity contribution in [3.63, 3.8) is 0 Å². The lowest BCUT2D eigenvalue weighted by molar-refractivity contribution is -0.106. The molecule has 1 heterocycles. The molecule has 3 aromatic rings. The summed E-state index contributed by atoms with van der Waals surface area (Å²) in [4.78, 5) is 0. The molecule has 1 N–H and O–H groups in total. The predicted molar refractivity (Wildman–Crippen MR) is 135 cm³/mol. The Morgan fingerprint density at radius 2 is 1.58 bits per heavy atom. The zero-order valence-corrected chi connectivity index (χ0v) is 22.1. The van der Waals surface area contributed by atoms with E-state index in [1.165, 1.54) is 19.4 Å². The van der Waals surface area contributed by atoms with Crippen molar-refractivity contribution in [2.24, 2.45) is 0 Å². The van der Waals surface area contributed by atoms with Gasteiger partial charge in [-0.05, 0) is 55.5 Å². The normalized spacial score (nSPS) is 13.1. The quantitative estimate of drug-likeness (QED) is 0.372. The van der Waals surface area contributed by atoms with Crippen molar-refractivity contribution in [3.05, 3.63) is 65.7 Å². The molecule has 0 bridgehead atoms. The largest absolute Gasteiger partial charge is 0.439 e. The first-order valence-electron chi connectivity index (χ1n) is 11.5. The van der Waals surface area contributed by atoms with E-state index in [1.54, 1.807) is 35.0 Å². The standard InChI is InChI=1S/C26H32F3N3O3S/c1-7-32-23(35-21-13-11-19(12-14-21)24(2,3)4)16-22(30-32)18-9-8-10-20(15-18)25(5,6)31-36(33,34)17-26(27,28)29/h8-16,31H,7,17H2,1-6H3. The Morgan fingerprint density at radius 3 is 2.14 bits per heavy atom. The minimum atomic E-state index is -4.83. The third-order valence-corrected chi connectivity index (χ3v) is 7.16. The van der Waals surface area contributed by atoms with Gasteiger partial charge in [0.25, 0.3) is 0 Å². The van der Waals surface area contributed by atoms with Crippen LogP contribution in [-0.4, -0.2) is 30.1 Å². The van der Waals surface area contributed by atoms with Crippen LogP contribution in [0.4, 0.5) is 13.2 Å². The molecule has 2 aromatic carbocycles. The highest BCUT2D eigenvalue weighted by atomic mass is 32.2. The Bertz CT molecular complexity index is 1310. The molecule has 3 rings (SSSR count). The molecule has 0 fully saturated rings. The number of hydrogen-bond acceptors (Lipinski definition) is 4. The molecule has 0 spiro atoms. The molecule has 196 valence electrons. The summed E-state index contributed by atoms with van der Waals surface area (Å²) in [5.74, 6) is -0.744. The molecule has 0 aliphatic carbocycles. The van der Waals surface area contributed by atoms with Crippen LogP contribution in [0.1, 0.15) is 52.7 Å². The maximum absolute atomic E-state index is 12.7. The smallest absolute Gasteiger partial charge is 0.404 e. The first-order chi connectivity index (χ1) is 16.5. The molecule has 36 heavy (non-hydrogen) atoms. The number of aryl methyl sites for hydroxylation is 1. The molecule has 0 saturated heterocycles. The van der Waals surface area contributed by atoms with Crippen molar-refractivity contribution in [2.75, 3.05) is 5.75 Å². The summed E-state index contributed by atoms with van der Waals surface area (Å²) in [5, 5.41) is 4.60. The number of nitrogens with one attached hydrogen (secondary N) is 1. The van der Waals surface area contributed by atoms with E-state index in [0.717, 1.165) is 0 Å². The number of aromatic nitrogens is 2. The van der Waals surface area contributed by atoms with E-state index in [2.05, 4.69) is 30.6 Å². The number of benzene rings is 2. The van der Waals surface area contributed by atoms with Crippen LogP contribution in [-0.2, 0) is 27.5 Å². The zero-order valence-electron chi connectivity index (χ0n) is 21.3. The van der Waals surface area contributed by atoms with Crippen molar-refractivity contribution in [3.8, 4) is 22.9 Å². The number of hydrogen-bond donors (Lipinski definition) is 1. The number of alkyl halides is 3. The van der Waals surface area contributed by atoms with Crippen LogP contribution in [0.3, 0.4) is 0 Å². The Labute approximate surface area is 210 Å². The average Bonchev–Trinajstić information content (AvgIpc) is 3.14. The SMILES string of the molecule is CCn1nc(-c2cccc(C(C)(C)NS(=O)(=O)CC(F)(F)F)c2)cc1Oc1ccc(C(C)(C)C)cc1. The van der Waals surface area contributed by atoms with Crippen molar-refractivity contribution in [1.82, 2.24) is 14.5 Å². The van der Waals surface area contributed by atoms with Crippen LogP contribution in [0.5, 0.6) is 11.6 Å². The Hall–Kier alpha value is -2.85. The average molecular weight is 524 g/mol. The van der Waals surface area contributed by atoms with Gasteiger partial charge in [0.2, 0.25) is 15.9 Å². The highest BCUT2D eigenvalue weighted by Gasteiger charge is 2.38. The summed E-state index contributed by atoms with van der Waals surface area (Å²) in [7, 11) is -4.59. The third kappa shape index (κ3) is 7.10. The fraction of sp³-hybridized carbons (Fsp3) is 0.423. The van der Waals surface area contributed by atoms with Gasteiger partial charge < -0.3 is 4.74 Å². The van der Waals surface area contributed by atoms with Gasteiger partial charge in [-0.25, -0.2) is 17.8 Å². The monoisotopic (exact) mass is 523 g/mol. The number of sulfonamides is 1. The van der Waals surface area contributed by atoms with E-state index in [-0.39, 0.29) is 5.41 Å². The van der Waals surface area contributed by atoms with Crippen molar-refractivity contribution in [2.45, 2.75) is 65.2 Å². The Balaban J connectivity index is 1.87. The van der Waals surface area contributed by atoms with Gasteiger partial charge in [-0.15, -0.1) is 0 Å². The van der Waals surface area contributed by atoms with Crippen LogP contribution in [0.25, 0.3) is 11.3 Å². The maximum atomic E-state index is 12.7. The van der Waals surface area contributed by atoms with Gasteiger partial charge in [-0.2, -0.15) is 18.3 Å². The summed E-state index contributed by atoms with van der Waals surface area (Å²) in [6.07, 6.45) is -4.83. The fourth-order valence-corrected chi connectivity index (χ4v) is 5.16. The van der Waals surface area contributed by atoms with Gasteiger partial charge in [-0.3, -0.25) is 0 Å². The van der Waals surface area contributed by atoms with E-state index in [9.17, 15) is 21.6 Å². The maximum Gasteiger partial charge on any atom is 0.404 e. The van der Waals surface area contributed by atoms with Crippen LogP contribution in [0, 0.1) is 0 Å². The lowest BCUT2D eigenvalue weighted by atomic mass is 9.87. The molecular weight excluding hydrogens is 491 g/mol. The topological polar surface area (TPSA) is 73.2 Å². The summed E-state index contributed by atoms with van der Waals surface area (Å²) >= 11 is 0. The molecule has 0 atom stereocenters. The van der Waals surface area contributed by atoms with Gasteiger partial charge in [0.1, 0.15) is 5.75 Å². The molecule has 6 nitrogen and oxygen atoms in total. The summed E-state index contributed by atoms with van der Waals surface area (Å²) in [6, 6.07) is 16.5. The van der Waals surface area contributed by atoms with E-state index < -0.39 is 27.5 Å². The summed E-state index contributed by atoms with van der Waals surface area (Å²) < 4.78 is 72.1. The molecular formula is C26H32F3N3O3S. The second-order valence-electron chi connectivity index (χ2n) is 10.2. The van der Waals surface area contributed by atoms with Crippen LogP contribution < -0.4 is 9.46 Å². The van der Waals surface area contributed by atoms with Gasteiger partial charge in [0.15, 0.2) is 5.75 Å². The van der Waals surface area contributed by atoms with Crippen molar-refractivity contribution in [1.29, 1.82) is 0 Å². The first-order valence-corrected chi connectivity index (χ1v) is 13.2. The van der Waals surface area contributed by atoms with Gasteiger partial charge >= 0.3 is 6.18 Å². The van der Waals surface area contributed by atoms with Crippen LogP contribution in [0.15, 0.2) is 54.6 Å². The third-order valence-electron chi connectivity index (χ3n) is 5.63. The Kier molecular flexibility index (Phi) is 7.62. The molecule has 0 aliphatic heterocycles. The number of halogens is 3. The number of nitrogens with zero attached hydrogens (tertiary/aromatic N) is 2. The fourth-order valence-electron chi connectivity index (χ4n) is 3.76. The van der Waals surface area contributed by atoms with Crippen molar-refractivity contribution < 1.29 is 26.3 Å². The second kappa shape index (κ2) is 9.89. The summed E-state index contributed by atoms with van der Waals surface area (Å²) in [6.45, 7) is 11.9. The molecule has 0 aliphatic rings. The first kappa shape index (κ1) is 27.7. The summed E-state index contributed by atoms with van der Waals surface area (Å²) in [5.41, 5.74) is 1.70. The van der Waals surface area contributed by atoms with E-state index in [1.807, 2.05) is 31.2 Å². The number of ether oxygens (including phenoxy) is 1. The van der Waals surface area contributed by atoms with Crippen molar-refractivity contribution >= 4 is 10.0 Å². The minimum absolute atomic E-state index is 0.0244. The molecule has 0 amide bonds. The number of rotatable bonds is 8. The van der Waals surface area contributed by atoms with Gasteiger partial charge in [-0.1, -0.05) is 51.1 Å². The predicted octanol–water partition coefficient (Wildman–Crippen LogP) is 6.38. The van der Waals surface area contributed by atoms with Gasteiger partial charge in [0, 0.05) is 18.2 Å². The van der Waals surface area contributed by atoms with E-state index in [0.29, 0.717) is 35.0 Å².